The Bertz CT molecular complexity index is 628. The summed E-state index contributed by atoms with van der Waals surface area (Å²) in [5, 5.41) is 0. The first-order valence-electron chi connectivity index (χ1n) is 6.88. The zero-order valence-electron chi connectivity index (χ0n) is 12.2. The van der Waals surface area contributed by atoms with Crippen LogP contribution in [0.25, 0.3) is 0 Å². The predicted molar refractivity (Wildman–Crippen MR) is 87.0 cm³/mol. The van der Waals surface area contributed by atoms with E-state index in [1.165, 1.54) is 6.07 Å². The van der Waals surface area contributed by atoms with Crippen molar-refractivity contribution in [3.8, 4) is 5.75 Å². The summed E-state index contributed by atoms with van der Waals surface area (Å²) in [6, 6.07) is 10.9. The Hall–Kier alpha value is -1.39. The third-order valence-electron chi connectivity index (χ3n) is 3.22. The van der Waals surface area contributed by atoms with Crippen molar-refractivity contribution in [2.75, 3.05) is 0 Å². The van der Waals surface area contributed by atoms with Crippen LogP contribution in [0.1, 0.15) is 23.6 Å². The maximum atomic E-state index is 13.8. The van der Waals surface area contributed by atoms with E-state index in [4.69, 9.17) is 10.5 Å². The van der Waals surface area contributed by atoms with Gasteiger partial charge in [-0.2, -0.15) is 0 Å². The molecule has 2 aromatic rings. The minimum atomic E-state index is -0.263. The van der Waals surface area contributed by atoms with E-state index in [2.05, 4.69) is 15.9 Å². The van der Waals surface area contributed by atoms with Crippen LogP contribution >= 0.6 is 15.9 Å². The van der Waals surface area contributed by atoms with E-state index in [0.29, 0.717) is 5.56 Å². The van der Waals surface area contributed by atoms with E-state index >= 15 is 0 Å². The van der Waals surface area contributed by atoms with Crippen LogP contribution in [0.2, 0.25) is 0 Å². The lowest BCUT2D eigenvalue weighted by Gasteiger charge is -2.16. The van der Waals surface area contributed by atoms with Gasteiger partial charge < -0.3 is 10.5 Å². The largest absolute Gasteiger partial charge is 0.488 e. The minimum absolute atomic E-state index is 0.0526. The molecule has 0 amide bonds. The quantitative estimate of drug-likeness (QED) is 0.868. The molecule has 0 aliphatic rings. The van der Waals surface area contributed by atoms with Gasteiger partial charge in [0.05, 0.1) is 0 Å². The summed E-state index contributed by atoms with van der Waals surface area (Å²) in [5.74, 6) is 0.537. The van der Waals surface area contributed by atoms with Gasteiger partial charge >= 0.3 is 0 Å². The third-order valence-corrected chi connectivity index (χ3v) is 3.71. The number of aryl methyl sites for hydroxylation is 1. The monoisotopic (exact) mass is 351 g/mol. The molecule has 0 saturated heterocycles. The zero-order valence-corrected chi connectivity index (χ0v) is 13.8. The second-order valence-electron chi connectivity index (χ2n) is 5.27. The van der Waals surface area contributed by atoms with Crippen molar-refractivity contribution in [2.45, 2.75) is 32.9 Å². The Morgan fingerprint density at radius 3 is 2.71 bits per heavy atom. The van der Waals surface area contributed by atoms with Crippen LogP contribution in [-0.2, 0) is 13.0 Å². The van der Waals surface area contributed by atoms with Crippen LogP contribution in [0.4, 0.5) is 4.39 Å². The Morgan fingerprint density at radius 2 is 2.00 bits per heavy atom. The molecule has 2 N–H and O–H groups in total. The van der Waals surface area contributed by atoms with Gasteiger partial charge in [0, 0.05) is 16.1 Å². The summed E-state index contributed by atoms with van der Waals surface area (Å²) in [5.41, 5.74) is 8.49. The van der Waals surface area contributed by atoms with Gasteiger partial charge in [-0.05, 0) is 49.6 Å². The molecule has 112 valence electrons. The molecule has 2 aromatic carbocycles. The summed E-state index contributed by atoms with van der Waals surface area (Å²) in [6.45, 7) is 4.14. The topological polar surface area (TPSA) is 35.2 Å². The van der Waals surface area contributed by atoms with Crippen LogP contribution in [0, 0.1) is 12.7 Å². The lowest BCUT2D eigenvalue weighted by atomic mass is 10.0. The molecule has 0 saturated carbocycles. The molecular weight excluding hydrogens is 333 g/mol. The molecule has 1 atom stereocenters. The molecule has 1 unspecified atom stereocenters. The molecule has 0 spiro atoms. The number of rotatable bonds is 5. The Morgan fingerprint density at radius 1 is 1.24 bits per heavy atom. The third kappa shape index (κ3) is 4.29. The fourth-order valence-corrected chi connectivity index (χ4v) is 2.64. The molecule has 21 heavy (non-hydrogen) atoms. The number of hydrogen-bond acceptors (Lipinski definition) is 2. The summed E-state index contributed by atoms with van der Waals surface area (Å²) in [4.78, 5) is 0. The van der Waals surface area contributed by atoms with Crippen molar-refractivity contribution in [2.24, 2.45) is 5.73 Å². The van der Waals surface area contributed by atoms with E-state index in [1.807, 2.05) is 32.0 Å². The van der Waals surface area contributed by atoms with Crippen LogP contribution in [0.5, 0.6) is 5.75 Å². The lowest BCUT2D eigenvalue weighted by molar-refractivity contribution is 0.294. The molecule has 4 heteroatoms. The Balaban J connectivity index is 2.21. The van der Waals surface area contributed by atoms with Crippen LogP contribution in [-0.4, -0.2) is 6.04 Å². The van der Waals surface area contributed by atoms with Gasteiger partial charge in [0.15, 0.2) is 0 Å². The fraction of sp³-hybridized carbons (Fsp3) is 0.294. The predicted octanol–water partition coefficient (Wildman–Crippen LogP) is 4.37. The number of halogens is 2. The molecule has 0 aliphatic carbocycles. The second kappa shape index (κ2) is 7.05. The van der Waals surface area contributed by atoms with Gasteiger partial charge in [-0.1, -0.05) is 34.1 Å². The van der Waals surface area contributed by atoms with Gasteiger partial charge in [-0.25, -0.2) is 4.39 Å². The van der Waals surface area contributed by atoms with Crippen LogP contribution in [0.15, 0.2) is 40.9 Å². The zero-order chi connectivity index (χ0) is 15.4. The van der Waals surface area contributed by atoms with Crippen molar-refractivity contribution < 1.29 is 9.13 Å². The second-order valence-corrected chi connectivity index (χ2v) is 6.18. The van der Waals surface area contributed by atoms with Crippen molar-refractivity contribution in [1.29, 1.82) is 0 Å². The standard InChI is InChI=1S/C17H19BrFNO/c1-11-4-3-5-13(8-12(2)20)17(11)21-10-14-9-15(18)6-7-16(14)19/h3-7,9,12H,8,10,20H2,1-2H3. The average Bonchev–Trinajstić information content (AvgIpc) is 2.41. The highest BCUT2D eigenvalue weighted by atomic mass is 79.9. The van der Waals surface area contributed by atoms with E-state index in [-0.39, 0.29) is 18.5 Å². The molecule has 0 heterocycles. The highest BCUT2D eigenvalue weighted by Gasteiger charge is 2.11. The highest BCUT2D eigenvalue weighted by Crippen LogP contribution is 2.26. The summed E-state index contributed by atoms with van der Waals surface area (Å²) in [7, 11) is 0. The normalized spacial score (nSPS) is 12.2. The van der Waals surface area contributed by atoms with Crippen molar-refractivity contribution in [3.05, 3.63) is 63.4 Å². The number of benzene rings is 2. The highest BCUT2D eigenvalue weighted by molar-refractivity contribution is 9.10. The fourth-order valence-electron chi connectivity index (χ4n) is 2.23. The van der Waals surface area contributed by atoms with E-state index < -0.39 is 0 Å². The smallest absolute Gasteiger partial charge is 0.129 e. The van der Waals surface area contributed by atoms with Crippen LogP contribution in [0.3, 0.4) is 0 Å². The molecule has 0 aliphatic heterocycles. The molecule has 0 fully saturated rings. The number of hydrogen-bond donors (Lipinski definition) is 1. The molecular formula is C17H19BrFNO. The lowest BCUT2D eigenvalue weighted by Crippen LogP contribution is -2.18. The van der Waals surface area contributed by atoms with E-state index in [0.717, 1.165) is 27.8 Å². The molecule has 2 rings (SSSR count). The SMILES string of the molecule is Cc1cccc(CC(C)N)c1OCc1cc(Br)ccc1F. The molecule has 0 bridgehead atoms. The average molecular weight is 352 g/mol. The molecule has 0 aromatic heterocycles. The maximum absolute atomic E-state index is 13.8. The van der Waals surface area contributed by atoms with E-state index in [1.54, 1.807) is 12.1 Å². The molecule has 0 radical (unpaired) electrons. The summed E-state index contributed by atoms with van der Waals surface area (Å²) in [6.07, 6.45) is 0.734. The minimum Gasteiger partial charge on any atom is -0.488 e. The summed E-state index contributed by atoms with van der Waals surface area (Å²) >= 11 is 3.35. The molecule has 2 nitrogen and oxygen atoms in total. The Labute approximate surface area is 133 Å². The number of ether oxygens (including phenoxy) is 1. The van der Waals surface area contributed by atoms with Crippen molar-refractivity contribution >= 4 is 15.9 Å². The van der Waals surface area contributed by atoms with Crippen molar-refractivity contribution in [3.63, 3.8) is 0 Å². The first-order valence-corrected chi connectivity index (χ1v) is 7.67. The van der Waals surface area contributed by atoms with E-state index in [9.17, 15) is 4.39 Å². The maximum Gasteiger partial charge on any atom is 0.129 e. The first-order chi connectivity index (χ1) is 9.97. The van der Waals surface area contributed by atoms with Gasteiger partial charge in [-0.15, -0.1) is 0 Å². The van der Waals surface area contributed by atoms with Gasteiger partial charge in [-0.3, -0.25) is 0 Å². The number of para-hydroxylation sites is 1. The first kappa shape index (κ1) is 16.0. The van der Waals surface area contributed by atoms with Gasteiger partial charge in [0.25, 0.3) is 0 Å². The summed E-state index contributed by atoms with van der Waals surface area (Å²) < 4.78 is 20.5. The number of nitrogens with two attached hydrogens (primary N) is 1. The van der Waals surface area contributed by atoms with Gasteiger partial charge in [0.1, 0.15) is 18.2 Å². The van der Waals surface area contributed by atoms with Crippen molar-refractivity contribution in [1.82, 2.24) is 0 Å². The van der Waals surface area contributed by atoms with Crippen LogP contribution < -0.4 is 10.5 Å². The Kier molecular flexibility index (Phi) is 5.37. The van der Waals surface area contributed by atoms with Gasteiger partial charge in [0.2, 0.25) is 0 Å².